The van der Waals surface area contributed by atoms with Gasteiger partial charge in [0.25, 0.3) is 0 Å². The molecule has 20 heavy (non-hydrogen) atoms. The van der Waals surface area contributed by atoms with Crippen molar-refractivity contribution in [2.45, 2.75) is 46.1 Å². The topological polar surface area (TPSA) is 12.0 Å². The number of allylic oxidation sites excluding steroid dienone is 4. The largest absolute Gasteiger partial charge is 0.382 e. The third kappa shape index (κ3) is 4.73. The van der Waals surface area contributed by atoms with Crippen molar-refractivity contribution in [1.29, 1.82) is 0 Å². The van der Waals surface area contributed by atoms with Crippen LogP contribution in [0.15, 0.2) is 60.8 Å². The third-order valence-corrected chi connectivity index (χ3v) is 3.41. The van der Waals surface area contributed by atoms with Crippen molar-refractivity contribution in [3.8, 4) is 0 Å². The Labute approximate surface area is 124 Å². The van der Waals surface area contributed by atoms with Crippen molar-refractivity contribution in [1.82, 2.24) is 5.32 Å². The molecule has 0 amide bonds. The molecule has 1 aromatic rings. The molecule has 0 fully saturated rings. The highest BCUT2D eigenvalue weighted by Gasteiger charge is 2.17. The SMILES string of the molecule is C=C/C(=C\C=C/C)NC1CCc2ccccc2C1.CC. The Hall–Kier alpha value is -1.76. The predicted octanol–water partition coefficient (Wildman–Crippen LogP) is 4.81. The maximum atomic E-state index is 3.86. The van der Waals surface area contributed by atoms with E-state index in [1.54, 1.807) is 0 Å². The van der Waals surface area contributed by atoms with Crippen molar-refractivity contribution in [2.75, 3.05) is 0 Å². The smallest absolute Gasteiger partial charge is 0.0336 e. The average Bonchev–Trinajstić information content (AvgIpc) is 2.53. The number of fused-ring (bicyclic) bond motifs is 1. The summed E-state index contributed by atoms with van der Waals surface area (Å²) in [6.07, 6.45) is 11.5. The van der Waals surface area contributed by atoms with E-state index < -0.39 is 0 Å². The van der Waals surface area contributed by atoms with E-state index in [0.29, 0.717) is 6.04 Å². The van der Waals surface area contributed by atoms with Gasteiger partial charge in [-0.05, 0) is 49.5 Å². The Balaban J connectivity index is 0.000000956. The summed E-state index contributed by atoms with van der Waals surface area (Å²) in [6, 6.07) is 9.27. The number of hydrogen-bond acceptors (Lipinski definition) is 1. The Morgan fingerprint density at radius 2 is 1.95 bits per heavy atom. The number of nitrogens with one attached hydrogen (secondary N) is 1. The summed E-state index contributed by atoms with van der Waals surface area (Å²) in [4.78, 5) is 0. The summed E-state index contributed by atoms with van der Waals surface area (Å²) in [7, 11) is 0. The van der Waals surface area contributed by atoms with Gasteiger partial charge < -0.3 is 5.32 Å². The van der Waals surface area contributed by atoms with Gasteiger partial charge in [-0.15, -0.1) is 0 Å². The highest BCUT2D eigenvalue weighted by atomic mass is 14.9. The molecule has 0 spiro atoms. The molecule has 0 saturated carbocycles. The van der Waals surface area contributed by atoms with Gasteiger partial charge >= 0.3 is 0 Å². The zero-order chi connectivity index (χ0) is 14.8. The first-order valence-corrected chi connectivity index (χ1v) is 7.62. The van der Waals surface area contributed by atoms with Crippen LogP contribution in [0.5, 0.6) is 0 Å². The first-order chi connectivity index (χ1) is 9.83. The van der Waals surface area contributed by atoms with E-state index in [1.165, 1.54) is 24.0 Å². The van der Waals surface area contributed by atoms with Crippen LogP contribution in [0.3, 0.4) is 0 Å². The van der Waals surface area contributed by atoms with Crippen LogP contribution < -0.4 is 5.32 Å². The highest BCUT2D eigenvalue weighted by Crippen LogP contribution is 2.21. The van der Waals surface area contributed by atoms with Crippen LogP contribution in [0.2, 0.25) is 0 Å². The molecule has 0 heterocycles. The molecule has 1 unspecified atom stereocenters. The van der Waals surface area contributed by atoms with E-state index >= 15 is 0 Å². The summed E-state index contributed by atoms with van der Waals surface area (Å²) in [5.74, 6) is 0. The van der Waals surface area contributed by atoms with Gasteiger partial charge in [-0.3, -0.25) is 0 Å². The summed E-state index contributed by atoms with van der Waals surface area (Å²) in [6.45, 7) is 9.88. The van der Waals surface area contributed by atoms with Crippen molar-refractivity contribution < 1.29 is 0 Å². The van der Waals surface area contributed by atoms with Gasteiger partial charge in [-0.25, -0.2) is 0 Å². The fourth-order valence-electron chi connectivity index (χ4n) is 2.43. The Kier molecular flexibility index (Phi) is 7.49. The molecular weight excluding hydrogens is 242 g/mol. The summed E-state index contributed by atoms with van der Waals surface area (Å²) in [5.41, 5.74) is 4.10. The van der Waals surface area contributed by atoms with Gasteiger partial charge in [0.1, 0.15) is 0 Å². The number of rotatable bonds is 4. The molecule has 1 atom stereocenters. The molecule has 1 N–H and O–H groups in total. The van der Waals surface area contributed by atoms with Crippen molar-refractivity contribution in [2.24, 2.45) is 0 Å². The van der Waals surface area contributed by atoms with Gasteiger partial charge in [0.05, 0.1) is 0 Å². The minimum Gasteiger partial charge on any atom is -0.382 e. The molecule has 0 aromatic heterocycles. The lowest BCUT2D eigenvalue weighted by Crippen LogP contribution is -2.33. The second-order valence-electron chi connectivity index (χ2n) is 4.70. The van der Waals surface area contributed by atoms with Gasteiger partial charge in [0.2, 0.25) is 0 Å². The molecule has 0 bridgehead atoms. The van der Waals surface area contributed by atoms with Gasteiger partial charge in [0, 0.05) is 11.7 Å². The van der Waals surface area contributed by atoms with Crippen LogP contribution in [0.4, 0.5) is 0 Å². The van der Waals surface area contributed by atoms with Crippen LogP contribution in [0, 0.1) is 0 Å². The molecule has 1 heteroatoms. The van der Waals surface area contributed by atoms with Crippen molar-refractivity contribution in [3.63, 3.8) is 0 Å². The monoisotopic (exact) mass is 269 g/mol. The molecule has 108 valence electrons. The summed E-state index contributed by atoms with van der Waals surface area (Å²) in [5, 5.41) is 3.57. The van der Waals surface area contributed by atoms with Crippen LogP contribution in [-0.2, 0) is 12.8 Å². The number of hydrogen-bond donors (Lipinski definition) is 1. The fourth-order valence-corrected chi connectivity index (χ4v) is 2.43. The third-order valence-electron chi connectivity index (χ3n) is 3.41. The quantitative estimate of drug-likeness (QED) is 0.774. The summed E-state index contributed by atoms with van der Waals surface area (Å²) < 4.78 is 0. The molecule has 1 aliphatic carbocycles. The Bertz CT molecular complexity index is 468. The Morgan fingerprint density at radius 3 is 2.60 bits per heavy atom. The van der Waals surface area contributed by atoms with Gasteiger partial charge in [-0.1, -0.05) is 56.8 Å². The predicted molar refractivity (Wildman–Crippen MR) is 89.8 cm³/mol. The second kappa shape index (κ2) is 9.19. The molecule has 1 nitrogen and oxygen atoms in total. The number of benzene rings is 1. The van der Waals surface area contributed by atoms with E-state index in [4.69, 9.17) is 0 Å². The maximum absolute atomic E-state index is 3.86. The van der Waals surface area contributed by atoms with Crippen LogP contribution in [0.1, 0.15) is 38.3 Å². The lowest BCUT2D eigenvalue weighted by Gasteiger charge is -2.26. The van der Waals surface area contributed by atoms with E-state index in [0.717, 1.165) is 12.1 Å². The van der Waals surface area contributed by atoms with E-state index in [1.807, 2.05) is 39.0 Å². The molecule has 0 aliphatic heterocycles. The minimum absolute atomic E-state index is 0.523. The van der Waals surface area contributed by atoms with E-state index in [9.17, 15) is 0 Å². The average molecular weight is 269 g/mol. The zero-order valence-corrected chi connectivity index (χ0v) is 13.0. The van der Waals surface area contributed by atoms with Crippen LogP contribution >= 0.6 is 0 Å². The molecule has 1 aliphatic rings. The number of aryl methyl sites for hydroxylation is 1. The normalized spacial score (nSPS) is 17.9. The molecule has 0 radical (unpaired) electrons. The zero-order valence-electron chi connectivity index (χ0n) is 13.0. The first-order valence-electron chi connectivity index (χ1n) is 7.62. The second-order valence-corrected chi connectivity index (χ2v) is 4.70. The Morgan fingerprint density at radius 1 is 1.25 bits per heavy atom. The maximum Gasteiger partial charge on any atom is 0.0336 e. The molecular formula is C19H27N. The van der Waals surface area contributed by atoms with Gasteiger partial charge in [-0.2, -0.15) is 0 Å². The molecule has 1 aromatic carbocycles. The standard InChI is InChI=1S/C17H21N.C2H6/c1-3-5-10-16(4-2)18-17-12-11-14-8-6-7-9-15(14)13-17;1-2/h3-10,17-18H,2,11-13H2,1H3;1-2H3/b5-3-,16-10+;. The fraction of sp³-hybridized carbons (Fsp3) is 0.368. The van der Waals surface area contributed by atoms with E-state index in [2.05, 4.69) is 42.2 Å². The molecule has 2 rings (SSSR count). The lowest BCUT2D eigenvalue weighted by molar-refractivity contribution is 0.504. The highest BCUT2D eigenvalue weighted by molar-refractivity contribution is 5.31. The van der Waals surface area contributed by atoms with Crippen LogP contribution in [-0.4, -0.2) is 6.04 Å². The first kappa shape index (κ1) is 16.3. The lowest BCUT2D eigenvalue weighted by atomic mass is 9.88. The molecule has 0 saturated heterocycles. The van der Waals surface area contributed by atoms with Crippen molar-refractivity contribution >= 4 is 0 Å². The van der Waals surface area contributed by atoms with Crippen LogP contribution in [0.25, 0.3) is 0 Å². The van der Waals surface area contributed by atoms with Crippen molar-refractivity contribution in [3.05, 3.63) is 72.0 Å². The summed E-state index contributed by atoms with van der Waals surface area (Å²) >= 11 is 0. The minimum atomic E-state index is 0.523. The van der Waals surface area contributed by atoms with Gasteiger partial charge in [0.15, 0.2) is 0 Å². The van der Waals surface area contributed by atoms with E-state index in [-0.39, 0.29) is 0 Å².